The fourth-order valence-corrected chi connectivity index (χ4v) is 6.02. The predicted octanol–water partition coefficient (Wildman–Crippen LogP) is 7.10. The van der Waals surface area contributed by atoms with Gasteiger partial charge in [-0.15, -0.1) is 0 Å². The molecule has 1 fully saturated rings. The molecule has 55 heavy (non-hydrogen) atoms. The molecule has 0 bridgehead atoms. The van der Waals surface area contributed by atoms with Crippen LogP contribution in [-0.4, -0.2) is 99.5 Å². The van der Waals surface area contributed by atoms with E-state index in [2.05, 4.69) is 43.9 Å². The number of benzene rings is 3. The minimum atomic E-state index is -3.66. The number of nitrogens with zero attached hydrogens (tertiary/aromatic N) is 6. The largest absolute Gasteiger partial charge is 0.495 e. The summed E-state index contributed by atoms with van der Waals surface area (Å²) in [6.45, 7) is 11.8. The van der Waals surface area contributed by atoms with Gasteiger partial charge in [0.25, 0.3) is 10.1 Å². The molecule has 0 unspecified atom stereocenters. The van der Waals surface area contributed by atoms with Crippen molar-refractivity contribution in [2.75, 3.05) is 85.1 Å². The van der Waals surface area contributed by atoms with Gasteiger partial charge in [0.15, 0.2) is 0 Å². The molecular formula is C37H44Cl2N8O7S. The van der Waals surface area contributed by atoms with Crippen molar-refractivity contribution in [2.45, 2.75) is 13.8 Å². The standard InChI is InChI=1S/C35H38Cl2N8O4.C2H6O3S/c1-6-31(46)40-25-19-24(44-17-15-43(7-2)16-18-44)13-14-26(25)45(23-11-9-8-10-12-23)30-21-29(38-22-39-30)42(3)35(47)41-34-32(36)27(48-4)20-28(49-5)33(34)37;1-2-6(3,4)5/h6,8-14,19-22H,1,7,15-18H2,2-5H3,(H,40,46)(H,41,47);2H2,1H3,(H,3,4,5). The summed E-state index contributed by atoms with van der Waals surface area (Å²) < 4.78 is 37.6. The number of aromatic nitrogens is 2. The number of halogens is 2. The van der Waals surface area contributed by atoms with Crippen LogP contribution in [0, 0.1) is 0 Å². The topological polar surface area (TPSA) is 170 Å². The highest BCUT2D eigenvalue weighted by molar-refractivity contribution is 7.85. The van der Waals surface area contributed by atoms with Gasteiger partial charge in [-0.1, -0.05) is 54.9 Å². The molecule has 3 N–H and O–H groups in total. The van der Waals surface area contributed by atoms with E-state index >= 15 is 0 Å². The second-order valence-corrected chi connectivity index (χ2v) is 14.4. The molecule has 1 aliphatic rings. The van der Waals surface area contributed by atoms with Crippen LogP contribution in [0.1, 0.15) is 13.8 Å². The predicted molar refractivity (Wildman–Crippen MR) is 219 cm³/mol. The van der Waals surface area contributed by atoms with Gasteiger partial charge < -0.3 is 29.9 Å². The average molecular weight is 816 g/mol. The number of hydrogen-bond donors (Lipinski definition) is 3. The Bertz CT molecular complexity index is 2060. The minimum absolute atomic E-state index is 0.110. The number of para-hydroxylation sites is 1. The van der Waals surface area contributed by atoms with Crippen molar-refractivity contribution in [3.8, 4) is 11.5 Å². The highest BCUT2D eigenvalue weighted by atomic mass is 35.5. The third kappa shape index (κ3) is 11.0. The lowest BCUT2D eigenvalue weighted by molar-refractivity contribution is -0.111. The maximum Gasteiger partial charge on any atom is 0.327 e. The molecule has 2 heterocycles. The van der Waals surface area contributed by atoms with Crippen LogP contribution in [0.4, 0.5) is 44.9 Å². The monoisotopic (exact) mass is 814 g/mol. The van der Waals surface area contributed by atoms with Crippen molar-refractivity contribution in [1.82, 2.24) is 14.9 Å². The van der Waals surface area contributed by atoms with Crippen molar-refractivity contribution in [2.24, 2.45) is 0 Å². The van der Waals surface area contributed by atoms with Crippen molar-refractivity contribution < 1.29 is 32.0 Å². The van der Waals surface area contributed by atoms with Gasteiger partial charge in [0.05, 0.1) is 37.0 Å². The number of carbonyl (C=O) groups excluding carboxylic acids is 2. The number of likely N-dealkylation sites (N-methyl/N-ethyl adjacent to an activating group) is 1. The smallest absolute Gasteiger partial charge is 0.327 e. The molecular weight excluding hydrogens is 771 g/mol. The number of rotatable bonds is 12. The zero-order valence-corrected chi connectivity index (χ0v) is 33.5. The van der Waals surface area contributed by atoms with Crippen molar-refractivity contribution >= 4 is 85.3 Å². The van der Waals surface area contributed by atoms with Gasteiger partial charge in [-0.3, -0.25) is 19.1 Å². The lowest BCUT2D eigenvalue weighted by atomic mass is 10.1. The Kier molecular flexibility index (Phi) is 15.1. The number of piperazine rings is 1. The number of amides is 3. The SMILES string of the molecule is C=CC(=O)Nc1cc(N2CCN(CC)CC2)ccc1N(c1ccccc1)c1cc(N(C)C(=O)Nc2c(Cl)c(OC)cc(OC)c2Cl)ncn1.CCS(=O)(=O)O. The molecule has 294 valence electrons. The summed E-state index contributed by atoms with van der Waals surface area (Å²) in [4.78, 5) is 43.1. The lowest BCUT2D eigenvalue weighted by Gasteiger charge is -2.36. The average Bonchev–Trinajstić information content (AvgIpc) is 3.20. The number of methoxy groups -OCH3 is 2. The molecule has 0 saturated carbocycles. The van der Waals surface area contributed by atoms with Crippen molar-refractivity contribution in [1.29, 1.82) is 0 Å². The van der Waals surface area contributed by atoms with Gasteiger partial charge >= 0.3 is 6.03 Å². The Morgan fingerprint density at radius 2 is 1.53 bits per heavy atom. The Labute approximate surface area is 331 Å². The molecule has 1 aliphatic heterocycles. The summed E-state index contributed by atoms with van der Waals surface area (Å²) in [6.07, 6.45) is 2.60. The number of hydrogen-bond acceptors (Lipinski definition) is 11. The summed E-state index contributed by atoms with van der Waals surface area (Å²) in [5.41, 5.74) is 3.08. The second-order valence-electron chi connectivity index (χ2n) is 11.9. The van der Waals surface area contributed by atoms with E-state index in [0.717, 1.165) is 44.1 Å². The maximum absolute atomic E-state index is 13.6. The normalized spacial score (nSPS) is 12.8. The Hall–Kier alpha value is -5.13. The summed E-state index contributed by atoms with van der Waals surface area (Å²) in [5, 5.41) is 5.96. The molecule has 1 aromatic heterocycles. The fourth-order valence-electron chi connectivity index (χ4n) is 5.43. The zero-order chi connectivity index (χ0) is 40.3. The Balaban J connectivity index is 0.00000104. The quantitative estimate of drug-likeness (QED) is 0.0981. The molecule has 18 heteroatoms. The maximum atomic E-state index is 13.6. The zero-order valence-electron chi connectivity index (χ0n) is 31.1. The van der Waals surface area contributed by atoms with E-state index in [1.165, 1.54) is 44.5 Å². The van der Waals surface area contributed by atoms with Crippen LogP contribution >= 0.6 is 23.2 Å². The van der Waals surface area contributed by atoms with Gasteiger partial charge in [-0.2, -0.15) is 8.42 Å². The van der Waals surface area contributed by atoms with Gasteiger partial charge in [0.2, 0.25) is 5.91 Å². The molecule has 0 radical (unpaired) electrons. The molecule has 4 aromatic rings. The molecule has 1 saturated heterocycles. The van der Waals surface area contributed by atoms with Crippen LogP contribution in [0.15, 0.2) is 79.6 Å². The van der Waals surface area contributed by atoms with Gasteiger partial charge in [-0.25, -0.2) is 14.8 Å². The Morgan fingerprint density at radius 1 is 0.927 bits per heavy atom. The summed E-state index contributed by atoms with van der Waals surface area (Å²) in [7, 11) is 0.784. The number of ether oxygens (including phenoxy) is 2. The van der Waals surface area contributed by atoms with E-state index in [0.29, 0.717) is 17.2 Å². The molecule has 0 atom stereocenters. The first-order chi connectivity index (χ1) is 26.2. The van der Waals surface area contributed by atoms with E-state index < -0.39 is 16.1 Å². The molecule has 0 spiro atoms. The van der Waals surface area contributed by atoms with Crippen LogP contribution in [-0.2, 0) is 14.9 Å². The van der Waals surface area contributed by atoms with Crippen molar-refractivity contribution in [3.63, 3.8) is 0 Å². The number of nitrogens with one attached hydrogen (secondary N) is 2. The van der Waals surface area contributed by atoms with Crippen molar-refractivity contribution in [3.05, 3.63) is 89.7 Å². The van der Waals surface area contributed by atoms with Crippen LogP contribution in [0.25, 0.3) is 0 Å². The van der Waals surface area contributed by atoms with E-state index in [1.807, 2.05) is 53.4 Å². The summed E-state index contributed by atoms with van der Waals surface area (Å²) >= 11 is 13.0. The minimum Gasteiger partial charge on any atom is -0.495 e. The third-order valence-corrected chi connectivity index (χ3v) is 10.0. The molecule has 5 rings (SSSR count). The van der Waals surface area contributed by atoms with E-state index in [9.17, 15) is 18.0 Å². The number of urea groups is 1. The number of carbonyl (C=O) groups is 2. The highest BCUT2D eigenvalue weighted by Gasteiger charge is 2.25. The first-order valence-corrected chi connectivity index (χ1v) is 19.4. The van der Waals surface area contributed by atoms with E-state index in [1.54, 1.807) is 13.1 Å². The fraction of sp³-hybridized carbons (Fsp3) is 0.297. The van der Waals surface area contributed by atoms with Crippen LogP contribution in [0.3, 0.4) is 0 Å². The first kappa shape index (κ1) is 42.6. The molecule has 3 aromatic carbocycles. The van der Waals surface area contributed by atoms with Crippen LogP contribution in [0.2, 0.25) is 10.0 Å². The lowest BCUT2D eigenvalue weighted by Crippen LogP contribution is -2.46. The summed E-state index contributed by atoms with van der Waals surface area (Å²) in [6, 6.07) is 18.1. The highest BCUT2D eigenvalue weighted by Crippen LogP contribution is 2.45. The second kappa shape index (κ2) is 19.5. The third-order valence-electron chi connectivity index (χ3n) is 8.55. The molecule has 15 nitrogen and oxygen atoms in total. The summed E-state index contributed by atoms with van der Waals surface area (Å²) in [5.74, 6) is 0.705. The van der Waals surface area contributed by atoms with Gasteiger partial charge in [0.1, 0.15) is 39.5 Å². The first-order valence-electron chi connectivity index (χ1n) is 17.1. The van der Waals surface area contributed by atoms with E-state index in [-0.39, 0.29) is 44.7 Å². The van der Waals surface area contributed by atoms with Gasteiger partial charge in [-0.05, 0) is 49.9 Å². The van der Waals surface area contributed by atoms with Gasteiger partial charge in [0, 0.05) is 56.7 Å². The Morgan fingerprint density at radius 3 is 2.07 bits per heavy atom. The number of anilines is 7. The van der Waals surface area contributed by atoms with E-state index in [4.69, 9.17) is 37.2 Å². The van der Waals surface area contributed by atoms with Crippen LogP contribution in [0.5, 0.6) is 11.5 Å². The molecule has 3 amide bonds. The van der Waals surface area contributed by atoms with Crippen LogP contribution < -0.4 is 34.8 Å². The molecule has 0 aliphatic carbocycles.